The lowest BCUT2D eigenvalue weighted by Crippen LogP contribution is -2.29. The second-order valence-electron chi connectivity index (χ2n) is 3.84. The summed E-state index contributed by atoms with van der Waals surface area (Å²) < 4.78 is 50.0. The van der Waals surface area contributed by atoms with Crippen LogP contribution in [0.25, 0.3) is 0 Å². The van der Waals surface area contributed by atoms with Gasteiger partial charge in [0.1, 0.15) is 24.3 Å². The second kappa shape index (κ2) is 7.42. The van der Waals surface area contributed by atoms with E-state index in [-0.39, 0.29) is 19.0 Å². The predicted octanol–water partition coefficient (Wildman–Crippen LogP) is 1.59. The van der Waals surface area contributed by atoms with Crippen LogP contribution in [-0.4, -0.2) is 40.6 Å². The quantitative estimate of drug-likeness (QED) is 0.681. The van der Waals surface area contributed by atoms with Gasteiger partial charge in [-0.3, -0.25) is 4.18 Å². The van der Waals surface area contributed by atoms with Crippen molar-refractivity contribution in [1.82, 2.24) is 0 Å². The first kappa shape index (κ1) is 15.9. The van der Waals surface area contributed by atoms with Gasteiger partial charge in [0.15, 0.2) is 0 Å². The number of ether oxygens (including phenoxy) is 2. The summed E-state index contributed by atoms with van der Waals surface area (Å²) >= 11 is 0. The molecule has 0 aliphatic rings. The van der Waals surface area contributed by atoms with Crippen molar-refractivity contribution in [1.29, 1.82) is 0 Å². The molecule has 0 saturated carbocycles. The predicted molar refractivity (Wildman–Crippen MR) is 68.1 cm³/mol. The molecule has 1 aromatic rings. The summed E-state index contributed by atoms with van der Waals surface area (Å²) in [6.07, 6.45) is 0.378. The van der Waals surface area contributed by atoms with Crippen LogP contribution in [0.15, 0.2) is 24.3 Å². The fourth-order valence-electron chi connectivity index (χ4n) is 1.27. The van der Waals surface area contributed by atoms with Crippen molar-refractivity contribution in [2.24, 2.45) is 0 Å². The Morgan fingerprint density at radius 1 is 1.21 bits per heavy atom. The van der Waals surface area contributed by atoms with Gasteiger partial charge in [-0.2, -0.15) is 8.42 Å². The lowest BCUT2D eigenvalue weighted by molar-refractivity contribution is 0.0322. The number of halogens is 1. The lowest BCUT2D eigenvalue weighted by atomic mass is 10.3. The molecule has 0 radical (unpaired) electrons. The van der Waals surface area contributed by atoms with E-state index in [0.717, 1.165) is 6.26 Å². The Hall–Kier alpha value is -1.18. The minimum Gasteiger partial charge on any atom is -0.486 e. The second-order valence-corrected chi connectivity index (χ2v) is 5.49. The van der Waals surface area contributed by atoms with Crippen LogP contribution in [-0.2, 0) is 19.0 Å². The van der Waals surface area contributed by atoms with E-state index in [4.69, 9.17) is 9.47 Å². The molecule has 1 unspecified atom stereocenters. The Morgan fingerprint density at radius 3 is 2.37 bits per heavy atom. The highest BCUT2D eigenvalue weighted by Gasteiger charge is 2.14. The third kappa shape index (κ3) is 7.09. The molecule has 1 aromatic carbocycles. The summed E-state index contributed by atoms with van der Waals surface area (Å²) in [4.78, 5) is 0. The SMILES string of the molecule is CCOCC(COS(C)(=O)=O)Oc1ccc(F)cc1. The minimum atomic E-state index is -3.54. The molecule has 0 heterocycles. The third-order valence-corrected chi connectivity index (χ3v) is 2.66. The Labute approximate surface area is 112 Å². The highest BCUT2D eigenvalue weighted by atomic mass is 32.2. The van der Waals surface area contributed by atoms with E-state index >= 15 is 0 Å². The average Bonchev–Trinajstić information content (AvgIpc) is 2.34. The summed E-state index contributed by atoms with van der Waals surface area (Å²) in [6.45, 7) is 2.31. The molecule has 0 fully saturated rings. The largest absolute Gasteiger partial charge is 0.486 e. The molecule has 5 nitrogen and oxygen atoms in total. The first-order valence-electron chi connectivity index (χ1n) is 5.75. The standard InChI is InChI=1S/C12H17FO5S/c1-3-16-8-12(9-17-19(2,14)15)18-11-6-4-10(13)5-7-11/h4-7,12H,3,8-9H2,1-2H3. The van der Waals surface area contributed by atoms with Crippen molar-refractivity contribution >= 4 is 10.1 Å². The number of hydrogen-bond acceptors (Lipinski definition) is 5. The van der Waals surface area contributed by atoms with E-state index in [9.17, 15) is 12.8 Å². The van der Waals surface area contributed by atoms with Crippen molar-refractivity contribution in [2.45, 2.75) is 13.0 Å². The molecule has 108 valence electrons. The molecule has 0 saturated heterocycles. The molecule has 1 atom stereocenters. The Balaban J connectivity index is 2.60. The molecule has 0 amide bonds. The summed E-state index contributed by atoms with van der Waals surface area (Å²) in [5, 5.41) is 0. The first-order valence-corrected chi connectivity index (χ1v) is 7.56. The molecule has 7 heteroatoms. The van der Waals surface area contributed by atoms with Crippen LogP contribution in [0.5, 0.6) is 5.75 Å². The molecular formula is C12H17FO5S. The minimum absolute atomic E-state index is 0.157. The maximum Gasteiger partial charge on any atom is 0.264 e. The number of rotatable bonds is 8. The maximum absolute atomic E-state index is 12.7. The number of hydrogen-bond donors (Lipinski definition) is 0. The van der Waals surface area contributed by atoms with E-state index in [1.807, 2.05) is 6.92 Å². The van der Waals surface area contributed by atoms with Gasteiger partial charge in [0, 0.05) is 6.61 Å². The Bertz CT molecular complexity index is 471. The summed E-state index contributed by atoms with van der Waals surface area (Å²) in [7, 11) is -3.54. The highest BCUT2D eigenvalue weighted by molar-refractivity contribution is 7.85. The Kier molecular flexibility index (Phi) is 6.20. The monoisotopic (exact) mass is 292 g/mol. The number of benzene rings is 1. The van der Waals surface area contributed by atoms with Crippen LogP contribution in [0.3, 0.4) is 0 Å². The van der Waals surface area contributed by atoms with Crippen molar-refractivity contribution in [3.8, 4) is 5.75 Å². The van der Waals surface area contributed by atoms with Crippen molar-refractivity contribution in [3.63, 3.8) is 0 Å². The van der Waals surface area contributed by atoms with Crippen LogP contribution in [0.2, 0.25) is 0 Å². The van der Waals surface area contributed by atoms with Gasteiger partial charge in [-0.25, -0.2) is 4.39 Å². The first-order chi connectivity index (χ1) is 8.90. The van der Waals surface area contributed by atoms with Crippen LogP contribution in [0.4, 0.5) is 4.39 Å². The average molecular weight is 292 g/mol. The van der Waals surface area contributed by atoms with Crippen LogP contribution >= 0.6 is 0 Å². The lowest BCUT2D eigenvalue weighted by Gasteiger charge is -2.18. The van der Waals surface area contributed by atoms with Crippen molar-refractivity contribution < 1.29 is 26.5 Å². The normalized spacial score (nSPS) is 13.2. The molecule has 0 bridgehead atoms. The van der Waals surface area contributed by atoms with Gasteiger partial charge >= 0.3 is 0 Å². The Morgan fingerprint density at radius 2 is 1.84 bits per heavy atom. The summed E-state index contributed by atoms with van der Waals surface area (Å²) in [5.41, 5.74) is 0. The van der Waals surface area contributed by atoms with E-state index in [1.165, 1.54) is 24.3 Å². The van der Waals surface area contributed by atoms with Gasteiger partial charge in [0.2, 0.25) is 0 Å². The molecule has 0 aliphatic carbocycles. The fourth-order valence-corrected chi connectivity index (χ4v) is 1.67. The fraction of sp³-hybridized carbons (Fsp3) is 0.500. The molecule has 0 aromatic heterocycles. The maximum atomic E-state index is 12.7. The van der Waals surface area contributed by atoms with Gasteiger partial charge in [-0.05, 0) is 31.2 Å². The van der Waals surface area contributed by atoms with Gasteiger partial charge in [0.05, 0.1) is 12.9 Å². The molecule has 0 N–H and O–H groups in total. The zero-order valence-corrected chi connectivity index (χ0v) is 11.7. The van der Waals surface area contributed by atoms with Crippen LogP contribution in [0.1, 0.15) is 6.92 Å². The molecule has 0 spiro atoms. The van der Waals surface area contributed by atoms with Gasteiger partial charge in [0.25, 0.3) is 10.1 Å². The van der Waals surface area contributed by atoms with Gasteiger partial charge in [-0.15, -0.1) is 0 Å². The summed E-state index contributed by atoms with van der Waals surface area (Å²) in [5.74, 6) is 0.0456. The zero-order valence-electron chi connectivity index (χ0n) is 10.8. The summed E-state index contributed by atoms with van der Waals surface area (Å²) in [6, 6.07) is 5.42. The van der Waals surface area contributed by atoms with Crippen LogP contribution < -0.4 is 4.74 Å². The van der Waals surface area contributed by atoms with Crippen LogP contribution in [0, 0.1) is 5.82 Å². The van der Waals surface area contributed by atoms with Crippen molar-refractivity contribution in [3.05, 3.63) is 30.1 Å². The van der Waals surface area contributed by atoms with Gasteiger partial charge in [-0.1, -0.05) is 0 Å². The molecule has 0 aliphatic heterocycles. The van der Waals surface area contributed by atoms with E-state index in [2.05, 4.69) is 4.18 Å². The van der Waals surface area contributed by atoms with E-state index < -0.39 is 16.2 Å². The van der Waals surface area contributed by atoms with Crippen molar-refractivity contribution in [2.75, 3.05) is 26.1 Å². The molecular weight excluding hydrogens is 275 g/mol. The molecule has 19 heavy (non-hydrogen) atoms. The van der Waals surface area contributed by atoms with Gasteiger partial charge < -0.3 is 9.47 Å². The molecule has 1 rings (SSSR count). The third-order valence-electron chi connectivity index (χ3n) is 2.09. The highest BCUT2D eigenvalue weighted by Crippen LogP contribution is 2.13. The van der Waals surface area contributed by atoms with E-state index in [1.54, 1.807) is 0 Å². The smallest absolute Gasteiger partial charge is 0.264 e. The topological polar surface area (TPSA) is 61.8 Å². The van der Waals surface area contributed by atoms with E-state index in [0.29, 0.717) is 12.4 Å². The zero-order chi connectivity index (χ0) is 14.3.